The van der Waals surface area contributed by atoms with Crippen LogP contribution in [0.25, 0.3) is 0 Å². The van der Waals surface area contributed by atoms with Gasteiger partial charge < -0.3 is 10.6 Å². The molecule has 2 aromatic heterocycles. The number of amides is 1. The summed E-state index contributed by atoms with van der Waals surface area (Å²) >= 11 is 0. The Morgan fingerprint density at radius 1 is 1.24 bits per heavy atom. The fourth-order valence-corrected chi connectivity index (χ4v) is 2.35. The molecule has 0 aliphatic rings. The summed E-state index contributed by atoms with van der Waals surface area (Å²) in [6.07, 6.45) is -3.39. The number of rotatable bonds is 6. The third-order valence-electron chi connectivity index (χ3n) is 3.84. The van der Waals surface area contributed by atoms with E-state index in [1.165, 1.54) is 6.07 Å². The molecule has 2 aromatic rings. The third-order valence-corrected chi connectivity index (χ3v) is 3.84. The van der Waals surface area contributed by atoms with Crippen molar-refractivity contribution in [3.05, 3.63) is 40.8 Å². The molecule has 0 saturated carbocycles. The Balaban J connectivity index is 1.76. The highest BCUT2D eigenvalue weighted by Crippen LogP contribution is 2.28. The maximum atomic E-state index is 12.4. The lowest BCUT2D eigenvalue weighted by atomic mass is 10.1. The maximum Gasteiger partial charge on any atom is 0.417 e. The molecule has 0 aromatic carbocycles. The highest BCUT2D eigenvalue weighted by atomic mass is 19.4. The number of hydrogen-bond donors (Lipinski definition) is 2. The molecule has 6 nitrogen and oxygen atoms in total. The van der Waals surface area contributed by atoms with Gasteiger partial charge in [0, 0.05) is 37.6 Å². The molecule has 0 aliphatic heterocycles. The number of anilines is 1. The molecule has 1 amide bonds. The average molecular weight is 355 g/mol. The van der Waals surface area contributed by atoms with Crippen molar-refractivity contribution >= 4 is 11.7 Å². The normalized spacial score (nSPS) is 11.4. The van der Waals surface area contributed by atoms with E-state index in [1.807, 2.05) is 20.9 Å². The Bertz CT molecular complexity index is 737. The summed E-state index contributed by atoms with van der Waals surface area (Å²) in [6.45, 7) is 4.45. The molecule has 0 unspecified atom stereocenters. The van der Waals surface area contributed by atoms with Crippen molar-refractivity contribution in [2.45, 2.75) is 26.4 Å². The van der Waals surface area contributed by atoms with Gasteiger partial charge in [0.1, 0.15) is 5.82 Å². The second kappa shape index (κ2) is 7.54. The van der Waals surface area contributed by atoms with Crippen molar-refractivity contribution in [3.8, 4) is 0 Å². The Morgan fingerprint density at radius 3 is 2.48 bits per heavy atom. The van der Waals surface area contributed by atoms with E-state index in [9.17, 15) is 18.0 Å². The molecule has 0 atom stereocenters. The number of alkyl halides is 3. The number of pyridine rings is 1. The molecule has 2 heterocycles. The Kier molecular flexibility index (Phi) is 5.66. The lowest BCUT2D eigenvalue weighted by Gasteiger charge is -2.09. The molecule has 0 fully saturated rings. The number of carbonyl (C=O) groups excluding carboxylic acids is 1. The zero-order valence-corrected chi connectivity index (χ0v) is 14.2. The van der Waals surface area contributed by atoms with Crippen LogP contribution < -0.4 is 10.6 Å². The summed E-state index contributed by atoms with van der Waals surface area (Å²) in [4.78, 5) is 15.7. The van der Waals surface area contributed by atoms with E-state index < -0.39 is 11.7 Å². The molecule has 9 heteroatoms. The number of carbonyl (C=O) groups is 1. The zero-order chi connectivity index (χ0) is 18.6. The minimum Gasteiger partial charge on any atom is -0.368 e. The second-order valence-corrected chi connectivity index (χ2v) is 5.66. The van der Waals surface area contributed by atoms with E-state index in [0.29, 0.717) is 18.9 Å². The van der Waals surface area contributed by atoms with Crippen molar-refractivity contribution in [1.29, 1.82) is 0 Å². The van der Waals surface area contributed by atoms with Gasteiger partial charge in [-0.05, 0) is 26.0 Å². The van der Waals surface area contributed by atoms with Gasteiger partial charge in [0.05, 0.1) is 17.7 Å². The van der Waals surface area contributed by atoms with Crippen LogP contribution in [0.15, 0.2) is 18.3 Å². The number of aromatic nitrogens is 3. The van der Waals surface area contributed by atoms with E-state index in [1.54, 1.807) is 4.68 Å². The summed E-state index contributed by atoms with van der Waals surface area (Å²) in [5.74, 6) is 0.183. The van der Waals surface area contributed by atoms with Crippen LogP contribution in [0.5, 0.6) is 0 Å². The smallest absolute Gasteiger partial charge is 0.368 e. The number of aryl methyl sites for hydroxylation is 2. The maximum absolute atomic E-state index is 12.4. The minimum absolute atomic E-state index is 0.138. The molecule has 2 rings (SSSR count). The largest absolute Gasteiger partial charge is 0.417 e. The van der Waals surface area contributed by atoms with Crippen LogP contribution in [0.2, 0.25) is 0 Å². The molecular formula is C16H20F3N5O. The van der Waals surface area contributed by atoms with Crippen LogP contribution in [0, 0.1) is 13.8 Å². The highest BCUT2D eigenvalue weighted by molar-refractivity contribution is 5.79. The van der Waals surface area contributed by atoms with Crippen LogP contribution in [0.3, 0.4) is 0 Å². The van der Waals surface area contributed by atoms with Gasteiger partial charge >= 0.3 is 6.18 Å². The van der Waals surface area contributed by atoms with Gasteiger partial charge in [-0.15, -0.1) is 0 Å². The van der Waals surface area contributed by atoms with Gasteiger partial charge in [-0.25, -0.2) is 4.98 Å². The zero-order valence-electron chi connectivity index (χ0n) is 14.2. The van der Waals surface area contributed by atoms with E-state index in [0.717, 1.165) is 29.2 Å². The summed E-state index contributed by atoms with van der Waals surface area (Å²) < 4.78 is 39.0. The molecular weight excluding hydrogens is 335 g/mol. The predicted octanol–water partition coefficient (Wildman–Crippen LogP) is 2.22. The van der Waals surface area contributed by atoms with Crippen LogP contribution in [-0.2, 0) is 24.4 Å². The van der Waals surface area contributed by atoms with Crippen LogP contribution in [0.4, 0.5) is 19.0 Å². The van der Waals surface area contributed by atoms with Crippen molar-refractivity contribution in [2.75, 3.05) is 18.4 Å². The molecule has 0 aliphatic carbocycles. The van der Waals surface area contributed by atoms with Crippen LogP contribution in [0.1, 0.15) is 22.5 Å². The first-order chi connectivity index (χ1) is 11.7. The average Bonchev–Trinajstić information content (AvgIpc) is 2.77. The minimum atomic E-state index is -4.40. The number of nitrogens with zero attached hydrogens (tertiary/aromatic N) is 3. The lowest BCUT2D eigenvalue weighted by Crippen LogP contribution is -2.30. The molecule has 0 spiro atoms. The topological polar surface area (TPSA) is 71.8 Å². The summed E-state index contributed by atoms with van der Waals surface area (Å²) in [5, 5.41) is 9.87. The monoisotopic (exact) mass is 355 g/mol. The number of hydrogen-bond acceptors (Lipinski definition) is 4. The van der Waals surface area contributed by atoms with Gasteiger partial charge in [-0.3, -0.25) is 9.48 Å². The van der Waals surface area contributed by atoms with E-state index in [2.05, 4.69) is 20.7 Å². The Morgan fingerprint density at radius 2 is 1.96 bits per heavy atom. The molecule has 0 radical (unpaired) electrons. The molecule has 0 saturated heterocycles. The van der Waals surface area contributed by atoms with E-state index in [4.69, 9.17) is 0 Å². The van der Waals surface area contributed by atoms with Gasteiger partial charge in [0.15, 0.2) is 0 Å². The van der Waals surface area contributed by atoms with Crippen molar-refractivity contribution in [1.82, 2.24) is 20.1 Å². The first-order valence-electron chi connectivity index (χ1n) is 7.71. The Hall–Kier alpha value is -2.58. The molecule has 2 N–H and O–H groups in total. The second-order valence-electron chi connectivity index (χ2n) is 5.66. The van der Waals surface area contributed by atoms with E-state index >= 15 is 0 Å². The van der Waals surface area contributed by atoms with Crippen LogP contribution >= 0.6 is 0 Å². The summed E-state index contributed by atoms with van der Waals surface area (Å²) in [7, 11) is 1.82. The number of nitrogens with one attached hydrogen (secondary N) is 2. The first-order valence-corrected chi connectivity index (χ1v) is 7.71. The predicted molar refractivity (Wildman–Crippen MR) is 87.1 cm³/mol. The summed E-state index contributed by atoms with van der Waals surface area (Å²) in [5.41, 5.74) is 1.87. The molecule has 136 valence electrons. The van der Waals surface area contributed by atoms with Gasteiger partial charge in [0.25, 0.3) is 0 Å². The lowest BCUT2D eigenvalue weighted by molar-refractivity contribution is -0.137. The standard InChI is InChI=1S/C16H20F3N5O/c1-10-13(11(2)24(3)23-10)8-15(25)21-7-6-20-14-5-4-12(9-22-14)16(17,18)19/h4-5,9H,6-8H2,1-3H3,(H,20,22)(H,21,25). The summed E-state index contributed by atoms with van der Waals surface area (Å²) in [6, 6.07) is 2.22. The van der Waals surface area contributed by atoms with Crippen molar-refractivity contribution < 1.29 is 18.0 Å². The Labute approximate surface area is 143 Å². The molecule has 0 bridgehead atoms. The fraction of sp³-hybridized carbons (Fsp3) is 0.438. The van der Waals surface area contributed by atoms with E-state index in [-0.39, 0.29) is 12.3 Å². The number of halogens is 3. The SMILES string of the molecule is Cc1nn(C)c(C)c1CC(=O)NCCNc1ccc(C(F)(F)F)cn1. The van der Waals surface area contributed by atoms with Gasteiger partial charge in [-0.1, -0.05) is 0 Å². The van der Waals surface area contributed by atoms with Crippen molar-refractivity contribution in [2.24, 2.45) is 7.05 Å². The molecule has 25 heavy (non-hydrogen) atoms. The first kappa shape index (κ1) is 18.8. The van der Waals surface area contributed by atoms with Gasteiger partial charge in [-0.2, -0.15) is 18.3 Å². The third kappa shape index (κ3) is 4.94. The van der Waals surface area contributed by atoms with Crippen LogP contribution in [-0.4, -0.2) is 33.8 Å². The van der Waals surface area contributed by atoms with Crippen molar-refractivity contribution in [3.63, 3.8) is 0 Å². The highest BCUT2D eigenvalue weighted by Gasteiger charge is 2.30. The van der Waals surface area contributed by atoms with Gasteiger partial charge in [0.2, 0.25) is 5.91 Å². The fourth-order valence-electron chi connectivity index (χ4n) is 2.35. The quantitative estimate of drug-likeness (QED) is 0.780.